The van der Waals surface area contributed by atoms with E-state index in [1.54, 1.807) is 41.5 Å². The molecule has 1 aliphatic rings. The van der Waals surface area contributed by atoms with Crippen LogP contribution in [0.25, 0.3) is 0 Å². The van der Waals surface area contributed by atoms with E-state index in [2.05, 4.69) is 10.6 Å². The first-order valence-corrected chi connectivity index (χ1v) is 8.77. The Balaban J connectivity index is 2.39. The number of ether oxygens (including phenoxy) is 3. The van der Waals surface area contributed by atoms with Crippen LogP contribution in [0.2, 0.25) is 0 Å². The number of methoxy groups -OCH3 is 1. The average molecular weight is 372 g/mol. The van der Waals surface area contributed by atoms with E-state index in [0.29, 0.717) is 6.42 Å². The van der Waals surface area contributed by atoms with Crippen LogP contribution in [0.5, 0.6) is 0 Å². The van der Waals surface area contributed by atoms with Crippen LogP contribution in [0.3, 0.4) is 0 Å². The molecule has 8 heteroatoms. The van der Waals surface area contributed by atoms with E-state index in [-0.39, 0.29) is 37.5 Å². The Morgan fingerprint density at radius 3 is 2.15 bits per heavy atom. The van der Waals surface area contributed by atoms with Crippen LogP contribution in [-0.2, 0) is 28.6 Å². The minimum atomic E-state index is -0.767. The Hall–Kier alpha value is -1.67. The predicted octanol–water partition coefficient (Wildman–Crippen LogP) is 0.986. The van der Waals surface area contributed by atoms with Crippen molar-refractivity contribution in [1.82, 2.24) is 10.6 Å². The molecule has 0 aromatic heterocycles. The molecule has 0 bridgehead atoms. The summed E-state index contributed by atoms with van der Waals surface area (Å²) in [5.74, 6) is -1.57. The number of hydrogen-bond donors (Lipinski definition) is 2. The van der Waals surface area contributed by atoms with Crippen LogP contribution in [-0.4, -0.2) is 56.5 Å². The zero-order chi connectivity index (χ0) is 20.2. The van der Waals surface area contributed by atoms with Gasteiger partial charge in [0.2, 0.25) is 5.91 Å². The van der Waals surface area contributed by atoms with E-state index >= 15 is 0 Å². The van der Waals surface area contributed by atoms with E-state index in [0.717, 1.165) is 0 Å². The van der Waals surface area contributed by atoms with Crippen LogP contribution in [0.1, 0.15) is 48.0 Å². The van der Waals surface area contributed by atoms with Gasteiger partial charge in [-0.1, -0.05) is 13.8 Å². The van der Waals surface area contributed by atoms with Gasteiger partial charge in [-0.25, -0.2) is 0 Å². The molecular formula is C18H32N2O6. The maximum absolute atomic E-state index is 12.4. The van der Waals surface area contributed by atoms with Crippen molar-refractivity contribution in [2.24, 2.45) is 10.8 Å². The lowest BCUT2D eigenvalue weighted by atomic mass is 9.74. The van der Waals surface area contributed by atoms with Gasteiger partial charge in [-0.2, -0.15) is 0 Å². The normalized spacial score (nSPS) is 19.7. The van der Waals surface area contributed by atoms with Gasteiger partial charge >= 0.3 is 5.97 Å². The number of amides is 2. The third kappa shape index (κ3) is 6.25. The van der Waals surface area contributed by atoms with Crippen molar-refractivity contribution in [3.63, 3.8) is 0 Å². The highest BCUT2D eigenvalue weighted by Gasteiger charge is 2.40. The van der Waals surface area contributed by atoms with Crippen LogP contribution in [0.4, 0.5) is 0 Å². The van der Waals surface area contributed by atoms with E-state index in [9.17, 15) is 14.4 Å². The molecule has 1 saturated heterocycles. The Morgan fingerprint density at radius 1 is 1.08 bits per heavy atom. The Bertz CT molecular complexity index is 542. The van der Waals surface area contributed by atoms with Crippen molar-refractivity contribution in [2.75, 3.05) is 26.8 Å². The second kappa shape index (κ2) is 8.35. The van der Waals surface area contributed by atoms with Gasteiger partial charge in [-0.15, -0.1) is 0 Å². The highest BCUT2D eigenvalue weighted by Crippen LogP contribution is 2.34. The number of carbonyl (C=O) groups is 3. The van der Waals surface area contributed by atoms with Crippen molar-refractivity contribution in [3.05, 3.63) is 0 Å². The summed E-state index contributed by atoms with van der Waals surface area (Å²) in [7, 11) is 1.33. The van der Waals surface area contributed by atoms with E-state index in [1.807, 2.05) is 0 Å². The molecule has 1 heterocycles. The molecule has 1 rings (SSSR count). The van der Waals surface area contributed by atoms with Crippen molar-refractivity contribution >= 4 is 17.8 Å². The summed E-state index contributed by atoms with van der Waals surface area (Å²) in [6.07, 6.45) is -0.300. The third-order valence-electron chi connectivity index (χ3n) is 4.25. The second-order valence-corrected chi connectivity index (χ2v) is 8.30. The summed E-state index contributed by atoms with van der Waals surface area (Å²) >= 11 is 0. The summed E-state index contributed by atoms with van der Waals surface area (Å²) in [4.78, 5) is 36.2. The maximum atomic E-state index is 12.4. The minimum absolute atomic E-state index is 0.190. The standard InChI is InChI=1S/C18H32N2O6/c1-16(2,11-17(3,4)15(23)24-7)14(22)20-9-8-19-13(21)12-10-25-18(5,6)26-12/h12H,8-11H2,1-7H3,(H,19,21)(H,20,22)/t12-/m0/s1. The molecule has 8 nitrogen and oxygen atoms in total. The smallest absolute Gasteiger partial charge is 0.311 e. The highest BCUT2D eigenvalue weighted by atomic mass is 16.7. The topological polar surface area (TPSA) is 103 Å². The summed E-state index contributed by atoms with van der Waals surface area (Å²) in [5, 5.41) is 5.50. The molecule has 0 radical (unpaired) electrons. The molecule has 1 atom stereocenters. The van der Waals surface area contributed by atoms with E-state index < -0.39 is 22.7 Å². The minimum Gasteiger partial charge on any atom is -0.469 e. The number of carbonyl (C=O) groups excluding carboxylic acids is 3. The molecular weight excluding hydrogens is 340 g/mol. The summed E-state index contributed by atoms with van der Waals surface area (Å²) < 4.78 is 15.6. The average Bonchev–Trinajstić information content (AvgIpc) is 2.89. The van der Waals surface area contributed by atoms with Gasteiger partial charge in [0.1, 0.15) is 0 Å². The van der Waals surface area contributed by atoms with Crippen molar-refractivity contribution in [2.45, 2.75) is 59.9 Å². The monoisotopic (exact) mass is 372 g/mol. The van der Waals surface area contributed by atoms with Crippen molar-refractivity contribution in [1.29, 1.82) is 0 Å². The first-order valence-electron chi connectivity index (χ1n) is 8.77. The number of nitrogens with one attached hydrogen (secondary N) is 2. The second-order valence-electron chi connectivity index (χ2n) is 8.30. The van der Waals surface area contributed by atoms with Crippen LogP contribution < -0.4 is 10.6 Å². The van der Waals surface area contributed by atoms with Crippen LogP contribution >= 0.6 is 0 Å². The van der Waals surface area contributed by atoms with Gasteiger partial charge in [0.15, 0.2) is 11.9 Å². The van der Waals surface area contributed by atoms with E-state index in [1.165, 1.54) is 7.11 Å². The fourth-order valence-electron chi connectivity index (χ4n) is 3.06. The number of rotatable bonds is 8. The van der Waals surface area contributed by atoms with E-state index in [4.69, 9.17) is 14.2 Å². The number of hydrogen-bond acceptors (Lipinski definition) is 6. The zero-order valence-electron chi connectivity index (χ0n) is 16.9. The first-order chi connectivity index (χ1) is 11.8. The molecule has 0 aromatic carbocycles. The van der Waals surface area contributed by atoms with Gasteiger partial charge in [0, 0.05) is 18.5 Å². The van der Waals surface area contributed by atoms with Gasteiger partial charge < -0.3 is 24.8 Å². The largest absolute Gasteiger partial charge is 0.469 e. The molecule has 1 aliphatic heterocycles. The Labute approximate surface area is 155 Å². The molecule has 0 spiro atoms. The summed E-state index contributed by atoms with van der Waals surface area (Å²) in [6, 6.07) is 0. The first kappa shape index (κ1) is 22.4. The fourth-order valence-corrected chi connectivity index (χ4v) is 3.06. The van der Waals surface area contributed by atoms with Gasteiger partial charge in [0.05, 0.1) is 19.1 Å². The molecule has 0 unspecified atom stereocenters. The van der Waals surface area contributed by atoms with Gasteiger partial charge in [-0.3, -0.25) is 14.4 Å². The molecule has 0 aromatic rings. The highest BCUT2D eigenvalue weighted by molar-refractivity contribution is 5.84. The fraction of sp³-hybridized carbons (Fsp3) is 0.833. The van der Waals surface area contributed by atoms with Crippen LogP contribution in [0.15, 0.2) is 0 Å². The number of esters is 1. The SMILES string of the molecule is COC(=O)C(C)(C)CC(C)(C)C(=O)NCCNC(=O)[C@@H]1COC(C)(C)O1. The zero-order valence-corrected chi connectivity index (χ0v) is 16.9. The molecule has 1 fully saturated rings. The lowest BCUT2D eigenvalue weighted by molar-refractivity contribution is -0.153. The van der Waals surface area contributed by atoms with Gasteiger partial charge in [-0.05, 0) is 34.1 Å². The van der Waals surface area contributed by atoms with Crippen LogP contribution in [0, 0.1) is 10.8 Å². The van der Waals surface area contributed by atoms with Gasteiger partial charge in [0.25, 0.3) is 5.91 Å². The predicted molar refractivity (Wildman–Crippen MR) is 95.1 cm³/mol. The van der Waals surface area contributed by atoms with Crippen molar-refractivity contribution < 1.29 is 28.6 Å². The third-order valence-corrected chi connectivity index (χ3v) is 4.25. The molecule has 0 saturated carbocycles. The molecule has 26 heavy (non-hydrogen) atoms. The van der Waals surface area contributed by atoms with Crippen molar-refractivity contribution in [3.8, 4) is 0 Å². The Kier molecular flexibility index (Phi) is 7.18. The molecule has 2 N–H and O–H groups in total. The molecule has 2 amide bonds. The Morgan fingerprint density at radius 2 is 1.65 bits per heavy atom. The summed E-state index contributed by atoms with van der Waals surface area (Å²) in [6.45, 7) is 11.3. The lowest BCUT2D eigenvalue weighted by Gasteiger charge is -2.31. The maximum Gasteiger partial charge on any atom is 0.311 e. The quantitative estimate of drug-likeness (QED) is 0.486. The lowest BCUT2D eigenvalue weighted by Crippen LogP contribution is -2.45. The summed E-state index contributed by atoms with van der Waals surface area (Å²) in [5.41, 5.74) is -1.52. The molecule has 0 aliphatic carbocycles. The molecule has 150 valence electrons.